The van der Waals surface area contributed by atoms with Crippen LogP contribution < -0.4 is 5.32 Å². The average molecular weight is 398 g/mol. The summed E-state index contributed by atoms with van der Waals surface area (Å²) < 4.78 is 2.33. The Labute approximate surface area is 169 Å². The maximum Gasteiger partial charge on any atom is 0.265 e. The third kappa shape index (κ3) is 4.11. The van der Waals surface area contributed by atoms with Gasteiger partial charge in [-0.2, -0.15) is 0 Å². The number of carbonyl (C=O) groups is 1. The van der Waals surface area contributed by atoms with Crippen molar-refractivity contribution < 1.29 is 4.79 Å². The molecule has 0 bridgehead atoms. The van der Waals surface area contributed by atoms with Crippen molar-refractivity contribution in [2.24, 2.45) is 0 Å². The fourth-order valence-corrected chi connectivity index (χ4v) is 4.28. The van der Waals surface area contributed by atoms with Gasteiger partial charge >= 0.3 is 0 Å². The van der Waals surface area contributed by atoms with E-state index in [9.17, 15) is 4.79 Å². The molecule has 0 atom stereocenters. The topological polar surface area (TPSA) is 53.4 Å². The summed E-state index contributed by atoms with van der Waals surface area (Å²) in [6.07, 6.45) is 1.07. The Kier molecular flexibility index (Phi) is 5.75. The molecule has 4 rings (SSSR count). The van der Waals surface area contributed by atoms with Gasteiger partial charge in [0.1, 0.15) is 5.82 Å². The predicted molar refractivity (Wildman–Crippen MR) is 115 cm³/mol. The number of likely N-dealkylation sites (N-methyl/N-ethyl adjacent to an activating group) is 1. The number of nitrogens with one attached hydrogen (secondary N) is 1. The second kappa shape index (κ2) is 8.43. The highest BCUT2D eigenvalue weighted by molar-refractivity contribution is 7.12. The van der Waals surface area contributed by atoms with Gasteiger partial charge in [0.25, 0.3) is 5.91 Å². The van der Waals surface area contributed by atoms with Gasteiger partial charge in [-0.15, -0.1) is 11.3 Å². The molecule has 0 unspecified atom stereocenters. The molecule has 28 heavy (non-hydrogen) atoms. The molecule has 1 N–H and O–H groups in total. The molecule has 0 spiro atoms. The second-order valence-corrected chi connectivity index (χ2v) is 8.34. The van der Waals surface area contributed by atoms with Crippen LogP contribution in [0.15, 0.2) is 35.7 Å². The summed E-state index contributed by atoms with van der Waals surface area (Å²) in [6, 6.07) is 9.76. The first-order valence-corrected chi connectivity index (χ1v) is 10.8. The van der Waals surface area contributed by atoms with Crippen molar-refractivity contribution in [1.82, 2.24) is 19.4 Å². The van der Waals surface area contributed by atoms with Crippen LogP contribution in [-0.4, -0.2) is 58.5 Å². The van der Waals surface area contributed by atoms with E-state index in [0.717, 1.165) is 68.2 Å². The lowest BCUT2D eigenvalue weighted by atomic mass is 10.2. The van der Waals surface area contributed by atoms with Crippen LogP contribution in [0.5, 0.6) is 0 Å². The molecule has 0 radical (unpaired) electrons. The van der Waals surface area contributed by atoms with Crippen molar-refractivity contribution >= 4 is 34.0 Å². The Morgan fingerprint density at radius 2 is 2.04 bits per heavy atom. The molecular weight excluding hydrogens is 370 g/mol. The van der Waals surface area contributed by atoms with Gasteiger partial charge in [0.2, 0.25) is 0 Å². The molecule has 1 aromatic carbocycles. The van der Waals surface area contributed by atoms with Crippen molar-refractivity contribution in [2.75, 3.05) is 38.5 Å². The Balaban J connectivity index is 1.57. The molecule has 1 amide bonds. The van der Waals surface area contributed by atoms with Crippen molar-refractivity contribution in [3.8, 4) is 0 Å². The third-order valence-electron chi connectivity index (χ3n) is 5.24. The Morgan fingerprint density at radius 1 is 1.21 bits per heavy atom. The first kappa shape index (κ1) is 19.1. The number of thiophene rings is 1. The lowest BCUT2D eigenvalue weighted by molar-refractivity contribution is 0.103. The van der Waals surface area contributed by atoms with Crippen LogP contribution in [0, 0.1) is 0 Å². The summed E-state index contributed by atoms with van der Waals surface area (Å²) >= 11 is 1.45. The summed E-state index contributed by atoms with van der Waals surface area (Å²) in [5.41, 5.74) is 2.87. The van der Waals surface area contributed by atoms with E-state index in [0.29, 0.717) is 4.88 Å². The van der Waals surface area contributed by atoms with Crippen molar-refractivity contribution in [1.29, 1.82) is 0 Å². The predicted octanol–water partition coefficient (Wildman–Crippen LogP) is 3.51. The van der Waals surface area contributed by atoms with Gasteiger partial charge in [0.05, 0.1) is 22.5 Å². The number of imidazole rings is 1. The van der Waals surface area contributed by atoms with Crippen molar-refractivity contribution in [3.63, 3.8) is 0 Å². The molecule has 0 saturated carbocycles. The second-order valence-electron chi connectivity index (χ2n) is 7.39. The first-order valence-electron chi connectivity index (χ1n) is 9.89. The number of aryl methyl sites for hydroxylation is 1. The monoisotopic (exact) mass is 397 g/mol. The van der Waals surface area contributed by atoms with Crippen LogP contribution in [-0.2, 0) is 13.1 Å². The van der Waals surface area contributed by atoms with E-state index in [1.807, 2.05) is 29.6 Å². The fraction of sp³-hybridized carbons (Fsp3) is 0.429. The minimum atomic E-state index is -0.0694. The zero-order valence-corrected chi connectivity index (χ0v) is 17.3. The highest BCUT2D eigenvalue weighted by Crippen LogP contribution is 2.23. The van der Waals surface area contributed by atoms with E-state index in [4.69, 9.17) is 4.98 Å². The van der Waals surface area contributed by atoms with Crippen LogP contribution in [0.25, 0.3) is 11.0 Å². The number of fused-ring (bicyclic) bond motifs is 1. The van der Waals surface area contributed by atoms with Gasteiger partial charge in [0, 0.05) is 38.4 Å². The van der Waals surface area contributed by atoms with Gasteiger partial charge in [-0.05, 0) is 43.1 Å². The number of nitrogens with zero attached hydrogens (tertiary/aromatic N) is 4. The summed E-state index contributed by atoms with van der Waals surface area (Å²) in [7, 11) is 2.18. The molecule has 6 nitrogen and oxygen atoms in total. The Morgan fingerprint density at radius 3 is 2.75 bits per heavy atom. The van der Waals surface area contributed by atoms with E-state index in [-0.39, 0.29) is 5.91 Å². The number of hydrogen-bond acceptors (Lipinski definition) is 5. The molecule has 1 aliphatic rings. The van der Waals surface area contributed by atoms with Crippen molar-refractivity contribution in [2.45, 2.75) is 26.4 Å². The summed E-state index contributed by atoms with van der Waals surface area (Å²) in [5, 5.41) is 4.90. The first-order chi connectivity index (χ1) is 13.6. The molecule has 7 heteroatoms. The van der Waals surface area contributed by atoms with E-state index in [1.54, 1.807) is 0 Å². The van der Waals surface area contributed by atoms with E-state index in [1.165, 1.54) is 11.3 Å². The fourth-order valence-electron chi connectivity index (χ4n) is 3.66. The Bertz CT molecular complexity index is 941. The van der Waals surface area contributed by atoms with Crippen LogP contribution in [0.4, 0.5) is 5.69 Å². The van der Waals surface area contributed by atoms with Gasteiger partial charge in [0.15, 0.2) is 0 Å². The maximum atomic E-state index is 12.3. The number of benzene rings is 1. The number of carbonyl (C=O) groups excluding carboxylic acids is 1. The lowest BCUT2D eigenvalue weighted by Gasteiger charge is -2.32. The zero-order valence-electron chi connectivity index (χ0n) is 16.5. The molecule has 2 aromatic heterocycles. The van der Waals surface area contributed by atoms with Crippen LogP contribution in [0.1, 0.15) is 28.8 Å². The van der Waals surface area contributed by atoms with Crippen LogP contribution >= 0.6 is 11.3 Å². The smallest absolute Gasteiger partial charge is 0.265 e. The van der Waals surface area contributed by atoms with E-state index in [2.05, 4.69) is 39.7 Å². The zero-order chi connectivity index (χ0) is 19.5. The highest BCUT2D eigenvalue weighted by atomic mass is 32.1. The molecule has 1 aliphatic heterocycles. The van der Waals surface area contributed by atoms with E-state index >= 15 is 0 Å². The van der Waals surface area contributed by atoms with Gasteiger partial charge in [-0.25, -0.2) is 4.98 Å². The molecule has 1 fully saturated rings. The number of aromatic nitrogens is 2. The molecule has 1 saturated heterocycles. The minimum absolute atomic E-state index is 0.0694. The van der Waals surface area contributed by atoms with Crippen LogP contribution in [0.3, 0.4) is 0 Å². The summed E-state index contributed by atoms with van der Waals surface area (Å²) in [6.45, 7) is 8.39. The molecule has 3 aromatic rings. The SMILES string of the molecule is CCCn1c(CN2CCN(C)CC2)nc2cc(NC(=O)c3cccs3)ccc21. The normalized spacial score (nSPS) is 15.9. The van der Waals surface area contributed by atoms with Gasteiger partial charge in [-0.3, -0.25) is 9.69 Å². The van der Waals surface area contributed by atoms with E-state index < -0.39 is 0 Å². The summed E-state index contributed by atoms with van der Waals surface area (Å²) in [4.78, 5) is 22.8. The number of piperazine rings is 1. The van der Waals surface area contributed by atoms with Crippen LogP contribution in [0.2, 0.25) is 0 Å². The molecule has 148 valence electrons. The highest BCUT2D eigenvalue weighted by Gasteiger charge is 2.18. The molecular formula is C21H27N5OS. The number of hydrogen-bond donors (Lipinski definition) is 1. The number of rotatable bonds is 6. The lowest BCUT2D eigenvalue weighted by Crippen LogP contribution is -2.44. The minimum Gasteiger partial charge on any atom is -0.327 e. The maximum absolute atomic E-state index is 12.3. The summed E-state index contributed by atoms with van der Waals surface area (Å²) in [5.74, 6) is 1.04. The molecule has 3 heterocycles. The third-order valence-corrected chi connectivity index (χ3v) is 6.11. The average Bonchev–Trinajstić information content (AvgIpc) is 3.33. The molecule has 0 aliphatic carbocycles. The largest absolute Gasteiger partial charge is 0.327 e. The van der Waals surface area contributed by atoms with Crippen molar-refractivity contribution in [3.05, 3.63) is 46.4 Å². The quantitative estimate of drug-likeness (QED) is 0.692. The Hall–Kier alpha value is -2.22. The van der Waals surface area contributed by atoms with Gasteiger partial charge < -0.3 is 14.8 Å². The standard InChI is InChI=1S/C21H27N5OS/c1-3-8-26-18-7-6-16(22-21(27)19-5-4-13-28-19)14-17(18)23-20(26)15-25-11-9-24(2)10-12-25/h4-7,13-14H,3,8-12,15H2,1-2H3,(H,22,27). The number of amides is 1. The number of anilines is 1. The van der Waals surface area contributed by atoms with Gasteiger partial charge in [-0.1, -0.05) is 13.0 Å².